The number of hydrogen-bond donors (Lipinski definition) is 0. The van der Waals surface area contributed by atoms with Crippen LogP contribution in [-0.2, 0) is 18.3 Å². The van der Waals surface area contributed by atoms with E-state index in [1.807, 2.05) is 0 Å². The van der Waals surface area contributed by atoms with Crippen LogP contribution in [0.1, 0.15) is 114 Å². The topological polar surface area (TPSA) is 0 Å². The monoisotopic (exact) mass is 406 g/mol. The summed E-state index contributed by atoms with van der Waals surface area (Å²) in [5, 5.41) is 0. The third-order valence-electron chi connectivity index (χ3n) is 6.45. The van der Waals surface area contributed by atoms with Gasteiger partial charge in [-0.1, -0.05) is 110 Å². The molecular formula is C30H46. The maximum absolute atomic E-state index is 2.51. The summed E-state index contributed by atoms with van der Waals surface area (Å²) in [5.41, 5.74) is 10.6. The Morgan fingerprint density at radius 2 is 1.27 bits per heavy atom. The highest BCUT2D eigenvalue weighted by atomic mass is 14.2. The molecule has 0 heteroatoms. The highest BCUT2D eigenvalue weighted by Crippen LogP contribution is 2.37. The molecule has 2 rings (SSSR count). The first-order chi connectivity index (χ1) is 14.3. The molecule has 2 aromatic rings. The van der Waals surface area contributed by atoms with Crippen molar-refractivity contribution in [1.82, 2.24) is 0 Å². The summed E-state index contributed by atoms with van der Waals surface area (Å²) in [4.78, 5) is 0. The van der Waals surface area contributed by atoms with Gasteiger partial charge in [-0.2, -0.15) is 0 Å². The van der Waals surface area contributed by atoms with Crippen molar-refractivity contribution in [1.29, 1.82) is 0 Å². The van der Waals surface area contributed by atoms with Gasteiger partial charge in [-0.3, -0.25) is 0 Å². The van der Waals surface area contributed by atoms with E-state index in [0.29, 0.717) is 0 Å². The Labute approximate surface area is 187 Å². The average Bonchev–Trinajstić information content (AvgIpc) is 2.67. The van der Waals surface area contributed by atoms with Crippen LogP contribution in [0.3, 0.4) is 0 Å². The Morgan fingerprint density at radius 3 is 1.87 bits per heavy atom. The molecule has 0 radical (unpaired) electrons. The fraction of sp³-hybridized carbons (Fsp3) is 0.600. The van der Waals surface area contributed by atoms with Crippen LogP contribution in [0.5, 0.6) is 0 Å². The maximum atomic E-state index is 2.51. The lowest BCUT2D eigenvalue weighted by atomic mass is 9.79. The molecule has 0 aliphatic heterocycles. The molecule has 0 amide bonds. The molecule has 0 aromatic heterocycles. The van der Waals surface area contributed by atoms with Crippen molar-refractivity contribution in [2.45, 2.75) is 118 Å². The summed E-state index contributed by atoms with van der Waals surface area (Å²) in [6.45, 7) is 16.2. The van der Waals surface area contributed by atoms with Crippen LogP contribution >= 0.6 is 0 Å². The predicted octanol–water partition coefficient (Wildman–Crippen LogP) is 9.51. The molecule has 30 heavy (non-hydrogen) atoms. The molecule has 0 unspecified atom stereocenters. The molecule has 0 nitrogen and oxygen atoms in total. The highest BCUT2D eigenvalue weighted by molar-refractivity contribution is 5.75. The van der Waals surface area contributed by atoms with Crippen molar-refractivity contribution in [3.63, 3.8) is 0 Å². The van der Waals surface area contributed by atoms with E-state index >= 15 is 0 Å². The first-order valence-corrected chi connectivity index (χ1v) is 12.5. The Balaban J connectivity index is 2.34. The number of aryl methyl sites for hydroxylation is 4. The largest absolute Gasteiger partial charge is 0.0654 e. The second-order valence-electron chi connectivity index (χ2n) is 10.3. The molecule has 0 spiro atoms. The Hall–Kier alpha value is -1.56. The summed E-state index contributed by atoms with van der Waals surface area (Å²) < 4.78 is 0. The van der Waals surface area contributed by atoms with Gasteiger partial charge in [-0.25, -0.2) is 0 Å². The fourth-order valence-corrected chi connectivity index (χ4v) is 4.89. The van der Waals surface area contributed by atoms with Crippen molar-refractivity contribution in [2.24, 2.45) is 0 Å². The van der Waals surface area contributed by atoms with E-state index in [9.17, 15) is 0 Å². The number of rotatable bonds is 11. The molecule has 0 bridgehead atoms. The van der Waals surface area contributed by atoms with Crippen LogP contribution in [-0.4, -0.2) is 0 Å². The van der Waals surface area contributed by atoms with Gasteiger partial charge in [0.25, 0.3) is 0 Å². The minimum absolute atomic E-state index is 0.172. The third kappa shape index (κ3) is 6.73. The van der Waals surface area contributed by atoms with E-state index in [4.69, 9.17) is 0 Å². The van der Waals surface area contributed by atoms with E-state index in [2.05, 4.69) is 78.8 Å². The molecule has 0 saturated carbocycles. The van der Waals surface area contributed by atoms with Gasteiger partial charge in [0, 0.05) is 0 Å². The lowest BCUT2D eigenvalue weighted by Gasteiger charge is -2.25. The smallest absolute Gasteiger partial charge is 0.0117 e. The molecule has 2 aromatic carbocycles. The van der Waals surface area contributed by atoms with E-state index in [-0.39, 0.29) is 5.41 Å². The third-order valence-corrected chi connectivity index (χ3v) is 6.45. The standard InChI is InChI=1S/C30H46/c1-8-10-11-12-13-14-15-18-26-20-16-19-25(17-9-2)29(26)27-22-28(30(5,6)7)24(4)21-23(27)3/h16,19-22H,8-15,17-18H2,1-7H3. The van der Waals surface area contributed by atoms with Crippen LogP contribution in [0.25, 0.3) is 11.1 Å². The molecule has 0 N–H and O–H groups in total. The number of hydrogen-bond acceptors (Lipinski definition) is 0. The summed E-state index contributed by atoms with van der Waals surface area (Å²) in [6, 6.07) is 12.0. The van der Waals surface area contributed by atoms with Crippen molar-refractivity contribution >= 4 is 0 Å². The Bertz CT molecular complexity index is 788. The molecule has 0 aliphatic rings. The first-order valence-electron chi connectivity index (χ1n) is 12.5. The lowest BCUT2D eigenvalue weighted by molar-refractivity contribution is 0.586. The zero-order valence-corrected chi connectivity index (χ0v) is 21.0. The minimum Gasteiger partial charge on any atom is -0.0654 e. The van der Waals surface area contributed by atoms with Crippen molar-refractivity contribution in [2.75, 3.05) is 0 Å². The second-order valence-corrected chi connectivity index (χ2v) is 10.3. The van der Waals surface area contributed by atoms with Gasteiger partial charge in [0.05, 0.1) is 0 Å². The molecule has 0 fully saturated rings. The highest BCUT2D eigenvalue weighted by Gasteiger charge is 2.20. The zero-order valence-electron chi connectivity index (χ0n) is 21.0. The SMILES string of the molecule is CCCCCCCCCc1cccc(CCC)c1-c1cc(C(C)(C)C)c(C)cc1C. The second kappa shape index (κ2) is 11.7. The van der Waals surface area contributed by atoms with Crippen LogP contribution in [0.2, 0.25) is 0 Å². The van der Waals surface area contributed by atoms with Gasteiger partial charge < -0.3 is 0 Å². The number of benzene rings is 2. The van der Waals surface area contributed by atoms with E-state index in [1.165, 1.54) is 97.6 Å². The minimum atomic E-state index is 0.172. The van der Waals surface area contributed by atoms with Gasteiger partial charge in [0.1, 0.15) is 0 Å². The number of unbranched alkanes of at least 4 members (excludes halogenated alkanes) is 6. The van der Waals surface area contributed by atoms with Gasteiger partial charge >= 0.3 is 0 Å². The van der Waals surface area contributed by atoms with Gasteiger partial charge in [0.15, 0.2) is 0 Å². The average molecular weight is 407 g/mol. The van der Waals surface area contributed by atoms with Gasteiger partial charge in [-0.05, 0) is 77.5 Å². The lowest BCUT2D eigenvalue weighted by Crippen LogP contribution is -2.14. The van der Waals surface area contributed by atoms with Crippen LogP contribution in [0, 0.1) is 13.8 Å². The quantitative estimate of drug-likeness (QED) is 0.326. The summed E-state index contributed by atoms with van der Waals surface area (Å²) >= 11 is 0. The normalized spacial score (nSPS) is 11.8. The molecule has 0 atom stereocenters. The van der Waals surface area contributed by atoms with Gasteiger partial charge in [0.2, 0.25) is 0 Å². The summed E-state index contributed by atoms with van der Waals surface area (Å²) in [5.74, 6) is 0. The maximum Gasteiger partial charge on any atom is -0.0117 e. The van der Waals surface area contributed by atoms with E-state index < -0.39 is 0 Å². The predicted molar refractivity (Wildman–Crippen MR) is 136 cm³/mol. The van der Waals surface area contributed by atoms with Crippen LogP contribution < -0.4 is 0 Å². The fourth-order valence-electron chi connectivity index (χ4n) is 4.89. The van der Waals surface area contributed by atoms with Crippen molar-refractivity contribution in [3.8, 4) is 11.1 Å². The molecule has 0 heterocycles. The molecule has 0 saturated heterocycles. The van der Waals surface area contributed by atoms with Crippen LogP contribution in [0.4, 0.5) is 0 Å². The Morgan fingerprint density at radius 1 is 0.667 bits per heavy atom. The van der Waals surface area contributed by atoms with E-state index in [1.54, 1.807) is 5.56 Å². The van der Waals surface area contributed by atoms with Crippen molar-refractivity contribution in [3.05, 3.63) is 58.1 Å². The Kier molecular flexibility index (Phi) is 9.66. The molecular weight excluding hydrogens is 360 g/mol. The molecule has 166 valence electrons. The summed E-state index contributed by atoms with van der Waals surface area (Å²) in [6.07, 6.45) is 13.2. The summed E-state index contributed by atoms with van der Waals surface area (Å²) in [7, 11) is 0. The molecule has 0 aliphatic carbocycles. The first kappa shape index (κ1) is 24.7. The van der Waals surface area contributed by atoms with Gasteiger partial charge in [-0.15, -0.1) is 0 Å². The zero-order chi connectivity index (χ0) is 22.1. The van der Waals surface area contributed by atoms with Crippen LogP contribution in [0.15, 0.2) is 30.3 Å². The van der Waals surface area contributed by atoms with E-state index in [0.717, 1.165) is 0 Å². The van der Waals surface area contributed by atoms with Crippen molar-refractivity contribution < 1.29 is 0 Å².